The molecule has 126 valence electrons. The molecule has 0 bridgehead atoms. The Morgan fingerprint density at radius 1 is 1.00 bits per heavy atom. The standard InChI is InChI=1S/C19H20O4S/c1-4-17(20)23-19(2,3)24(21,22)18(15-11-7-5-8-12-15)16-13-9-6-10-14-16/h4-14,18H,1H2,2-3H3. The van der Waals surface area contributed by atoms with Crippen LogP contribution in [0, 0.1) is 0 Å². The Hall–Kier alpha value is -2.40. The van der Waals surface area contributed by atoms with E-state index >= 15 is 0 Å². The molecule has 0 aliphatic rings. The Morgan fingerprint density at radius 3 is 1.79 bits per heavy atom. The number of sulfone groups is 1. The summed E-state index contributed by atoms with van der Waals surface area (Å²) in [7, 11) is -3.90. The van der Waals surface area contributed by atoms with E-state index in [2.05, 4.69) is 6.58 Å². The molecule has 0 unspecified atom stereocenters. The van der Waals surface area contributed by atoms with Crippen LogP contribution in [-0.4, -0.2) is 19.3 Å². The quantitative estimate of drug-likeness (QED) is 0.593. The van der Waals surface area contributed by atoms with E-state index in [0.29, 0.717) is 11.1 Å². The zero-order chi connectivity index (χ0) is 17.8. The van der Waals surface area contributed by atoms with Gasteiger partial charge in [0.05, 0.1) is 0 Å². The van der Waals surface area contributed by atoms with E-state index in [4.69, 9.17) is 4.74 Å². The first-order chi connectivity index (χ1) is 11.3. The lowest BCUT2D eigenvalue weighted by atomic mass is 10.0. The molecule has 0 aliphatic carbocycles. The minimum absolute atomic E-state index is 0.617. The van der Waals surface area contributed by atoms with Gasteiger partial charge in [0.15, 0.2) is 0 Å². The first kappa shape index (κ1) is 17.9. The summed E-state index contributed by atoms with van der Waals surface area (Å²) in [6, 6.07) is 17.8. The van der Waals surface area contributed by atoms with Crippen molar-refractivity contribution in [1.82, 2.24) is 0 Å². The van der Waals surface area contributed by atoms with Crippen LogP contribution in [-0.2, 0) is 19.4 Å². The van der Waals surface area contributed by atoms with Gasteiger partial charge in [0.1, 0.15) is 5.25 Å². The zero-order valence-corrected chi connectivity index (χ0v) is 14.5. The van der Waals surface area contributed by atoms with Crippen molar-refractivity contribution >= 4 is 15.8 Å². The molecule has 0 fully saturated rings. The molecule has 0 atom stereocenters. The molecule has 4 nitrogen and oxygen atoms in total. The third-order valence-corrected chi connectivity index (χ3v) is 6.33. The third-order valence-electron chi connectivity index (χ3n) is 3.71. The number of benzene rings is 2. The van der Waals surface area contributed by atoms with Gasteiger partial charge in [0, 0.05) is 6.08 Å². The molecule has 0 saturated heterocycles. The number of hydrogen-bond acceptors (Lipinski definition) is 4. The van der Waals surface area contributed by atoms with E-state index in [1.165, 1.54) is 13.8 Å². The maximum absolute atomic E-state index is 13.3. The Kier molecular flexibility index (Phi) is 5.24. The number of carbonyl (C=O) groups is 1. The summed E-state index contributed by atoms with van der Waals surface area (Å²) in [6.45, 7) is 6.07. The minimum Gasteiger partial charge on any atom is -0.440 e. The Labute approximate surface area is 142 Å². The van der Waals surface area contributed by atoms with Crippen LogP contribution in [0.25, 0.3) is 0 Å². The Bertz CT molecular complexity index is 769. The molecule has 2 aromatic carbocycles. The van der Waals surface area contributed by atoms with E-state index in [9.17, 15) is 13.2 Å². The molecule has 0 amide bonds. The third kappa shape index (κ3) is 3.57. The van der Waals surface area contributed by atoms with Crippen LogP contribution < -0.4 is 0 Å². The lowest BCUT2D eigenvalue weighted by Gasteiger charge is -2.30. The fourth-order valence-electron chi connectivity index (χ4n) is 2.43. The highest BCUT2D eigenvalue weighted by Crippen LogP contribution is 2.37. The highest BCUT2D eigenvalue weighted by atomic mass is 32.2. The minimum atomic E-state index is -3.90. The number of hydrogen-bond donors (Lipinski definition) is 0. The SMILES string of the molecule is C=CC(=O)OC(C)(C)S(=O)(=O)C(c1ccccc1)c1ccccc1. The van der Waals surface area contributed by atoms with Crippen molar-refractivity contribution in [3.8, 4) is 0 Å². The van der Waals surface area contributed by atoms with E-state index in [1.807, 2.05) is 12.1 Å². The van der Waals surface area contributed by atoms with Gasteiger partial charge in [-0.1, -0.05) is 67.2 Å². The molecule has 0 saturated carbocycles. The number of ether oxygens (including phenoxy) is 1. The summed E-state index contributed by atoms with van der Waals surface area (Å²) >= 11 is 0. The average Bonchev–Trinajstić information content (AvgIpc) is 2.56. The molecule has 24 heavy (non-hydrogen) atoms. The number of rotatable bonds is 6. The predicted octanol–water partition coefficient (Wildman–Crippen LogP) is 3.66. The highest BCUT2D eigenvalue weighted by Gasteiger charge is 2.44. The molecular formula is C19H20O4S. The normalized spacial score (nSPS) is 12.0. The summed E-state index contributed by atoms with van der Waals surface area (Å²) < 4.78 is 31.7. The second-order valence-electron chi connectivity index (χ2n) is 5.77. The summed E-state index contributed by atoms with van der Waals surface area (Å²) in [5, 5.41) is -0.937. The maximum Gasteiger partial charge on any atom is 0.331 e. The molecule has 0 radical (unpaired) electrons. The summed E-state index contributed by atoms with van der Waals surface area (Å²) in [6.07, 6.45) is 0.956. The summed E-state index contributed by atoms with van der Waals surface area (Å²) in [4.78, 5) is 9.87. The van der Waals surface area contributed by atoms with Crippen molar-refractivity contribution in [2.24, 2.45) is 0 Å². The van der Waals surface area contributed by atoms with E-state index in [1.54, 1.807) is 48.5 Å². The van der Waals surface area contributed by atoms with E-state index < -0.39 is 26.0 Å². The molecule has 0 spiro atoms. The first-order valence-electron chi connectivity index (χ1n) is 7.48. The maximum atomic E-state index is 13.3. The van der Waals surface area contributed by atoms with Gasteiger partial charge in [-0.25, -0.2) is 13.2 Å². The lowest BCUT2D eigenvalue weighted by molar-refractivity contribution is -0.143. The number of carbonyl (C=O) groups excluding carboxylic acids is 1. The Morgan fingerprint density at radius 2 is 1.42 bits per heavy atom. The van der Waals surface area contributed by atoms with Crippen molar-refractivity contribution < 1.29 is 17.9 Å². The monoisotopic (exact) mass is 344 g/mol. The van der Waals surface area contributed by atoms with Gasteiger partial charge in [0.25, 0.3) is 0 Å². The van der Waals surface area contributed by atoms with Crippen molar-refractivity contribution in [2.45, 2.75) is 24.0 Å². The highest BCUT2D eigenvalue weighted by molar-refractivity contribution is 7.93. The summed E-state index contributed by atoms with van der Waals surface area (Å²) in [5.74, 6) is -0.775. The topological polar surface area (TPSA) is 60.4 Å². The van der Waals surface area contributed by atoms with Gasteiger partial charge < -0.3 is 4.74 Å². The zero-order valence-electron chi connectivity index (χ0n) is 13.7. The van der Waals surface area contributed by atoms with Crippen LogP contribution in [0.2, 0.25) is 0 Å². The average molecular weight is 344 g/mol. The molecular weight excluding hydrogens is 324 g/mol. The molecule has 2 aromatic rings. The largest absolute Gasteiger partial charge is 0.440 e. The molecule has 5 heteroatoms. The molecule has 2 rings (SSSR count). The fourth-order valence-corrected chi connectivity index (χ4v) is 4.23. The second kappa shape index (κ2) is 7.01. The molecule has 0 aliphatic heterocycles. The second-order valence-corrected chi connectivity index (χ2v) is 8.32. The first-order valence-corrected chi connectivity index (χ1v) is 9.03. The van der Waals surface area contributed by atoms with Gasteiger partial charge >= 0.3 is 5.97 Å². The van der Waals surface area contributed by atoms with Crippen LogP contribution >= 0.6 is 0 Å². The van der Waals surface area contributed by atoms with E-state index in [0.717, 1.165) is 6.08 Å². The van der Waals surface area contributed by atoms with Crippen molar-refractivity contribution in [1.29, 1.82) is 0 Å². The van der Waals surface area contributed by atoms with Gasteiger partial charge in [-0.15, -0.1) is 0 Å². The summed E-state index contributed by atoms with van der Waals surface area (Å²) in [5.41, 5.74) is 1.23. The van der Waals surface area contributed by atoms with Gasteiger partial charge in [-0.3, -0.25) is 0 Å². The van der Waals surface area contributed by atoms with Crippen LogP contribution in [0.1, 0.15) is 30.2 Å². The number of esters is 1. The Balaban J connectivity index is 2.59. The smallest absolute Gasteiger partial charge is 0.331 e. The van der Waals surface area contributed by atoms with Crippen LogP contribution in [0.3, 0.4) is 0 Å². The van der Waals surface area contributed by atoms with Crippen molar-refractivity contribution in [2.75, 3.05) is 0 Å². The van der Waals surface area contributed by atoms with Gasteiger partial charge in [0.2, 0.25) is 14.8 Å². The van der Waals surface area contributed by atoms with Crippen molar-refractivity contribution in [3.63, 3.8) is 0 Å². The van der Waals surface area contributed by atoms with E-state index in [-0.39, 0.29) is 0 Å². The lowest BCUT2D eigenvalue weighted by Crippen LogP contribution is -2.40. The van der Waals surface area contributed by atoms with Gasteiger partial charge in [-0.2, -0.15) is 0 Å². The van der Waals surface area contributed by atoms with Crippen LogP contribution in [0.4, 0.5) is 0 Å². The van der Waals surface area contributed by atoms with Crippen LogP contribution in [0.5, 0.6) is 0 Å². The van der Waals surface area contributed by atoms with Crippen molar-refractivity contribution in [3.05, 3.63) is 84.4 Å². The predicted molar refractivity (Wildman–Crippen MR) is 94.0 cm³/mol. The molecule has 0 N–H and O–H groups in total. The van der Waals surface area contributed by atoms with Gasteiger partial charge in [-0.05, 0) is 25.0 Å². The van der Waals surface area contributed by atoms with Crippen LogP contribution in [0.15, 0.2) is 73.3 Å². The molecule has 0 heterocycles. The molecule has 0 aromatic heterocycles. The fraction of sp³-hybridized carbons (Fsp3) is 0.211.